The van der Waals surface area contributed by atoms with Gasteiger partial charge in [-0.2, -0.15) is 0 Å². The summed E-state index contributed by atoms with van der Waals surface area (Å²) < 4.78 is 12.8. The minimum Gasteiger partial charge on any atom is -0.305 e. The Kier molecular flexibility index (Phi) is 3.77. The third kappa shape index (κ3) is 3.32. The fraction of sp³-hybridized carbons (Fsp3) is 0.231. The van der Waals surface area contributed by atoms with Gasteiger partial charge in [0.2, 0.25) is 0 Å². The van der Waals surface area contributed by atoms with Gasteiger partial charge < -0.3 is 5.32 Å². The zero-order chi connectivity index (χ0) is 12.1. The van der Waals surface area contributed by atoms with Crippen molar-refractivity contribution >= 4 is 0 Å². The van der Waals surface area contributed by atoms with E-state index in [9.17, 15) is 4.39 Å². The van der Waals surface area contributed by atoms with Gasteiger partial charge in [0.1, 0.15) is 5.82 Å². The Morgan fingerprint density at radius 1 is 1.24 bits per heavy atom. The number of benzene rings is 1. The standard InChI is InChI=1S/C13H14FN3/c1-10(11-2-4-12(14)5-3-11)17-9-13-8-15-6-7-16-13/h2-8,10,17H,9H2,1H3. The maximum atomic E-state index is 12.8. The molecule has 4 heteroatoms. The van der Waals surface area contributed by atoms with Crippen LogP contribution < -0.4 is 5.32 Å². The summed E-state index contributed by atoms with van der Waals surface area (Å²) in [4.78, 5) is 8.17. The molecule has 0 aliphatic carbocycles. The van der Waals surface area contributed by atoms with Crippen molar-refractivity contribution in [1.82, 2.24) is 15.3 Å². The molecule has 1 aromatic carbocycles. The molecule has 1 N–H and O–H groups in total. The van der Waals surface area contributed by atoms with Gasteiger partial charge in [-0.15, -0.1) is 0 Å². The lowest BCUT2D eigenvalue weighted by molar-refractivity contribution is 0.563. The average Bonchev–Trinajstić information content (AvgIpc) is 2.38. The third-order valence-corrected chi connectivity index (χ3v) is 2.58. The van der Waals surface area contributed by atoms with Gasteiger partial charge in [0, 0.05) is 31.2 Å². The highest BCUT2D eigenvalue weighted by molar-refractivity contribution is 5.19. The molecule has 2 aromatic rings. The fourth-order valence-electron chi connectivity index (χ4n) is 1.55. The van der Waals surface area contributed by atoms with Gasteiger partial charge in [-0.05, 0) is 24.6 Å². The summed E-state index contributed by atoms with van der Waals surface area (Å²) >= 11 is 0. The molecule has 0 aliphatic rings. The highest BCUT2D eigenvalue weighted by Gasteiger charge is 2.05. The number of nitrogens with zero attached hydrogens (tertiary/aromatic N) is 2. The Morgan fingerprint density at radius 3 is 2.65 bits per heavy atom. The molecule has 3 nitrogen and oxygen atoms in total. The molecule has 2 rings (SSSR count). The van der Waals surface area contributed by atoms with Crippen molar-refractivity contribution in [3.63, 3.8) is 0 Å². The lowest BCUT2D eigenvalue weighted by Gasteiger charge is -2.13. The van der Waals surface area contributed by atoms with E-state index in [0.29, 0.717) is 6.54 Å². The van der Waals surface area contributed by atoms with Crippen LogP contribution in [-0.4, -0.2) is 9.97 Å². The summed E-state index contributed by atoms with van der Waals surface area (Å²) in [6.45, 7) is 2.68. The van der Waals surface area contributed by atoms with E-state index in [4.69, 9.17) is 0 Å². The first kappa shape index (κ1) is 11.7. The maximum absolute atomic E-state index is 12.8. The molecule has 0 radical (unpaired) electrons. The van der Waals surface area contributed by atoms with Gasteiger partial charge >= 0.3 is 0 Å². The van der Waals surface area contributed by atoms with E-state index in [1.54, 1.807) is 30.7 Å². The van der Waals surface area contributed by atoms with Crippen molar-refractivity contribution < 1.29 is 4.39 Å². The summed E-state index contributed by atoms with van der Waals surface area (Å²) in [5.41, 5.74) is 1.94. The molecule has 17 heavy (non-hydrogen) atoms. The molecule has 1 heterocycles. The summed E-state index contributed by atoms with van der Waals surface area (Å²) in [7, 11) is 0. The first-order valence-corrected chi connectivity index (χ1v) is 5.49. The molecule has 0 bridgehead atoms. The van der Waals surface area contributed by atoms with Crippen LogP contribution in [0.5, 0.6) is 0 Å². The van der Waals surface area contributed by atoms with Crippen molar-refractivity contribution in [2.45, 2.75) is 19.5 Å². The molecule has 1 atom stereocenters. The third-order valence-electron chi connectivity index (χ3n) is 2.58. The number of hydrogen-bond donors (Lipinski definition) is 1. The van der Waals surface area contributed by atoms with Crippen molar-refractivity contribution in [3.8, 4) is 0 Å². The van der Waals surface area contributed by atoms with E-state index >= 15 is 0 Å². The molecule has 0 aliphatic heterocycles. The van der Waals surface area contributed by atoms with Crippen molar-refractivity contribution in [2.24, 2.45) is 0 Å². The number of halogens is 1. The lowest BCUT2D eigenvalue weighted by Crippen LogP contribution is -2.18. The summed E-state index contributed by atoms with van der Waals surface area (Å²) in [5.74, 6) is -0.213. The quantitative estimate of drug-likeness (QED) is 0.878. The first-order chi connectivity index (χ1) is 8.25. The van der Waals surface area contributed by atoms with Crippen LogP contribution in [0.4, 0.5) is 4.39 Å². The highest BCUT2D eigenvalue weighted by atomic mass is 19.1. The maximum Gasteiger partial charge on any atom is 0.123 e. The predicted molar refractivity (Wildman–Crippen MR) is 63.7 cm³/mol. The second kappa shape index (κ2) is 5.50. The largest absolute Gasteiger partial charge is 0.305 e. The Labute approximate surface area is 99.7 Å². The lowest BCUT2D eigenvalue weighted by atomic mass is 10.1. The molecular formula is C13H14FN3. The van der Waals surface area contributed by atoms with Crippen LogP contribution in [0.1, 0.15) is 24.2 Å². The van der Waals surface area contributed by atoms with Crippen LogP contribution in [0.2, 0.25) is 0 Å². The second-order valence-corrected chi connectivity index (χ2v) is 3.85. The number of aromatic nitrogens is 2. The van der Waals surface area contributed by atoms with Crippen LogP contribution >= 0.6 is 0 Å². The minimum absolute atomic E-state index is 0.151. The Balaban J connectivity index is 1.93. The normalized spacial score (nSPS) is 12.4. The Bertz CT molecular complexity index is 456. The molecule has 1 aromatic heterocycles. The molecular weight excluding hydrogens is 217 g/mol. The van der Waals surface area contributed by atoms with Gasteiger partial charge in [0.15, 0.2) is 0 Å². The first-order valence-electron chi connectivity index (χ1n) is 5.49. The monoisotopic (exact) mass is 231 g/mol. The number of nitrogens with one attached hydrogen (secondary N) is 1. The SMILES string of the molecule is CC(NCc1cnccn1)c1ccc(F)cc1. The Hall–Kier alpha value is -1.81. The van der Waals surface area contributed by atoms with Crippen molar-refractivity contribution in [1.29, 1.82) is 0 Å². The van der Waals surface area contributed by atoms with E-state index in [-0.39, 0.29) is 11.9 Å². The van der Waals surface area contributed by atoms with Gasteiger partial charge in [-0.1, -0.05) is 12.1 Å². The fourth-order valence-corrected chi connectivity index (χ4v) is 1.55. The summed E-state index contributed by atoms with van der Waals surface area (Å²) in [6.07, 6.45) is 5.04. The van der Waals surface area contributed by atoms with Crippen LogP contribution in [0.3, 0.4) is 0 Å². The van der Waals surface area contributed by atoms with Crippen LogP contribution in [-0.2, 0) is 6.54 Å². The van der Waals surface area contributed by atoms with Crippen molar-refractivity contribution in [3.05, 3.63) is 59.9 Å². The second-order valence-electron chi connectivity index (χ2n) is 3.85. The molecule has 0 spiro atoms. The summed E-state index contributed by atoms with van der Waals surface area (Å²) in [6, 6.07) is 6.65. The predicted octanol–water partition coefficient (Wildman–Crippen LogP) is 2.47. The number of rotatable bonds is 4. The zero-order valence-electron chi connectivity index (χ0n) is 9.60. The topological polar surface area (TPSA) is 37.8 Å². The summed E-state index contributed by atoms with van der Waals surface area (Å²) in [5, 5.41) is 3.31. The minimum atomic E-state index is -0.213. The van der Waals surface area contributed by atoms with Gasteiger partial charge in [0.05, 0.1) is 5.69 Å². The van der Waals surface area contributed by atoms with E-state index in [2.05, 4.69) is 15.3 Å². The molecule has 1 unspecified atom stereocenters. The van der Waals surface area contributed by atoms with Gasteiger partial charge in [-0.25, -0.2) is 4.39 Å². The smallest absolute Gasteiger partial charge is 0.123 e. The van der Waals surface area contributed by atoms with Crippen LogP contribution in [0, 0.1) is 5.82 Å². The molecule has 88 valence electrons. The van der Waals surface area contributed by atoms with Gasteiger partial charge in [0.25, 0.3) is 0 Å². The zero-order valence-corrected chi connectivity index (χ0v) is 9.60. The van der Waals surface area contributed by atoms with E-state index < -0.39 is 0 Å². The van der Waals surface area contributed by atoms with E-state index in [1.165, 1.54) is 12.1 Å². The Morgan fingerprint density at radius 2 is 2.00 bits per heavy atom. The molecule has 0 fully saturated rings. The van der Waals surface area contributed by atoms with E-state index in [0.717, 1.165) is 11.3 Å². The number of hydrogen-bond acceptors (Lipinski definition) is 3. The molecule has 0 saturated heterocycles. The van der Waals surface area contributed by atoms with E-state index in [1.807, 2.05) is 6.92 Å². The van der Waals surface area contributed by atoms with Crippen molar-refractivity contribution in [2.75, 3.05) is 0 Å². The van der Waals surface area contributed by atoms with Crippen LogP contribution in [0.25, 0.3) is 0 Å². The average molecular weight is 231 g/mol. The van der Waals surface area contributed by atoms with Gasteiger partial charge in [-0.3, -0.25) is 9.97 Å². The highest BCUT2D eigenvalue weighted by Crippen LogP contribution is 2.13. The van der Waals surface area contributed by atoms with Crippen LogP contribution in [0.15, 0.2) is 42.9 Å². The molecule has 0 amide bonds. The molecule has 0 saturated carbocycles.